The highest BCUT2D eigenvalue weighted by Gasteiger charge is 2.34. The van der Waals surface area contributed by atoms with Gasteiger partial charge in [-0.2, -0.15) is 26.3 Å². The van der Waals surface area contributed by atoms with E-state index in [1.807, 2.05) is 0 Å². The molecule has 0 N–H and O–H groups in total. The van der Waals surface area contributed by atoms with E-state index < -0.39 is 23.1 Å². The molecule has 0 aliphatic carbocycles. The summed E-state index contributed by atoms with van der Waals surface area (Å²) >= 11 is 5.11. The molecule has 8 heteroatoms. The van der Waals surface area contributed by atoms with Crippen LogP contribution in [-0.2, 0) is 6.18 Å². The molecule has 0 aromatic heterocycles. The first-order valence-electron chi connectivity index (χ1n) is 6.17. The van der Waals surface area contributed by atoms with Crippen LogP contribution in [0.4, 0.5) is 32.0 Å². The Morgan fingerprint density at radius 2 is 1.39 bits per heavy atom. The number of hydrogen-bond acceptors (Lipinski definition) is 1. The highest BCUT2D eigenvalue weighted by atomic mass is 35.5. The van der Waals surface area contributed by atoms with Crippen molar-refractivity contribution < 1.29 is 26.3 Å². The molecule has 0 spiro atoms. The Balaban J connectivity index is 2.46. The van der Waals surface area contributed by atoms with E-state index in [0.717, 1.165) is 12.1 Å². The van der Waals surface area contributed by atoms with Crippen LogP contribution in [0.25, 0.3) is 11.1 Å². The first-order valence-corrected chi connectivity index (χ1v) is 6.55. The van der Waals surface area contributed by atoms with E-state index in [1.54, 1.807) is 0 Å². The molecule has 0 saturated heterocycles. The Bertz CT molecular complexity index is 716. The van der Waals surface area contributed by atoms with Crippen molar-refractivity contribution in [3.8, 4) is 11.1 Å². The fraction of sp³-hybridized carbons (Fsp3) is 0.133. The second-order valence-electron chi connectivity index (χ2n) is 4.49. The molecule has 0 unspecified atom stereocenters. The number of hydrogen-bond donors (Lipinski definition) is 0. The van der Waals surface area contributed by atoms with E-state index in [-0.39, 0.29) is 11.3 Å². The number of aliphatic imine (C=N–C) groups is 1. The van der Waals surface area contributed by atoms with Crippen LogP contribution in [0.1, 0.15) is 5.56 Å². The summed E-state index contributed by atoms with van der Waals surface area (Å²) in [6, 6.07) is 9.75. The van der Waals surface area contributed by atoms with E-state index in [2.05, 4.69) is 4.99 Å². The van der Waals surface area contributed by atoms with Crippen molar-refractivity contribution in [2.24, 2.45) is 4.99 Å². The average molecular weight is 352 g/mol. The molecule has 2 rings (SSSR count). The lowest BCUT2D eigenvalue weighted by Crippen LogP contribution is -2.16. The largest absolute Gasteiger partial charge is 0.444 e. The van der Waals surface area contributed by atoms with Crippen LogP contribution in [0.2, 0.25) is 0 Å². The van der Waals surface area contributed by atoms with E-state index in [9.17, 15) is 26.3 Å². The summed E-state index contributed by atoms with van der Waals surface area (Å²) in [5.74, 6) is 0. The highest BCUT2D eigenvalue weighted by Crippen LogP contribution is 2.35. The molecule has 2 aromatic rings. The molecule has 23 heavy (non-hydrogen) atoms. The molecular weight excluding hydrogens is 344 g/mol. The lowest BCUT2D eigenvalue weighted by Gasteiger charge is -2.10. The van der Waals surface area contributed by atoms with Gasteiger partial charge in [0.25, 0.3) is 0 Å². The Hall–Kier alpha value is -2.02. The van der Waals surface area contributed by atoms with Gasteiger partial charge in [-0.15, -0.1) is 0 Å². The third-order valence-electron chi connectivity index (χ3n) is 2.88. The lowest BCUT2D eigenvalue weighted by atomic mass is 10.0. The molecule has 0 atom stereocenters. The quantitative estimate of drug-likeness (QED) is 0.451. The summed E-state index contributed by atoms with van der Waals surface area (Å²) in [6.07, 6.45) is -9.29. The molecule has 0 amide bonds. The van der Waals surface area contributed by atoms with Crippen molar-refractivity contribution in [1.29, 1.82) is 0 Å². The summed E-state index contributed by atoms with van der Waals surface area (Å²) in [4.78, 5) is 3.31. The summed E-state index contributed by atoms with van der Waals surface area (Å²) in [5.41, 5.74) is -0.405. The highest BCUT2D eigenvalue weighted by molar-refractivity contribution is 6.67. The topological polar surface area (TPSA) is 12.4 Å². The Kier molecular flexibility index (Phi) is 4.70. The minimum Gasteiger partial charge on any atom is -0.232 e. The minimum absolute atomic E-state index is 0.0883. The zero-order chi connectivity index (χ0) is 17.3. The molecule has 0 bridgehead atoms. The van der Waals surface area contributed by atoms with Gasteiger partial charge in [-0.25, -0.2) is 4.99 Å². The monoisotopic (exact) mass is 351 g/mol. The van der Waals surface area contributed by atoms with Gasteiger partial charge in [-0.05, 0) is 23.8 Å². The molecule has 0 fully saturated rings. The lowest BCUT2D eigenvalue weighted by molar-refractivity contribution is -0.137. The van der Waals surface area contributed by atoms with Crippen LogP contribution in [0.3, 0.4) is 0 Å². The number of nitrogens with zero attached hydrogens (tertiary/aromatic N) is 1. The van der Waals surface area contributed by atoms with Gasteiger partial charge in [0, 0.05) is 5.56 Å². The van der Waals surface area contributed by atoms with E-state index in [1.165, 1.54) is 36.4 Å². The van der Waals surface area contributed by atoms with Crippen LogP contribution in [-0.4, -0.2) is 11.3 Å². The van der Waals surface area contributed by atoms with Gasteiger partial charge in [0.2, 0.25) is 5.17 Å². The number of benzene rings is 2. The van der Waals surface area contributed by atoms with Crippen LogP contribution in [0.15, 0.2) is 53.5 Å². The molecule has 0 radical (unpaired) electrons. The predicted molar refractivity (Wildman–Crippen MR) is 75.9 cm³/mol. The van der Waals surface area contributed by atoms with Crippen molar-refractivity contribution in [1.82, 2.24) is 0 Å². The van der Waals surface area contributed by atoms with Gasteiger partial charge >= 0.3 is 12.4 Å². The fourth-order valence-electron chi connectivity index (χ4n) is 1.82. The summed E-state index contributed by atoms with van der Waals surface area (Å²) < 4.78 is 75.0. The molecule has 0 aliphatic rings. The van der Waals surface area contributed by atoms with Crippen LogP contribution in [0, 0.1) is 0 Å². The number of para-hydroxylation sites is 1. The van der Waals surface area contributed by atoms with Crippen LogP contribution in [0.5, 0.6) is 0 Å². The maximum atomic E-state index is 12.5. The minimum atomic E-state index is -4.80. The Morgan fingerprint density at radius 1 is 0.826 bits per heavy atom. The molecule has 0 heterocycles. The SMILES string of the molecule is FC(F)(F)C(Cl)=Nc1ccccc1-c1ccc(C(F)(F)F)cc1. The predicted octanol–water partition coefficient (Wildman–Crippen LogP) is 6.20. The third kappa shape index (κ3) is 4.25. The smallest absolute Gasteiger partial charge is 0.232 e. The summed E-state index contributed by atoms with van der Waals surface area (Å²) in [5, 5.41) is -1.56. The van der Waals surface area contributed by atoms with Crippen LogP contribution >= 0.6 is 11.6 Å². The van der Waals surface area contributed by atoms with Crippen molar-refractivity contribution >= 4 is 22.5 Å². The fourth-order valence-corrected chi connectivity index (χ4v) is 1.91. The van der Waals surface area contributed by atoms with E-state index >= 15 is 0 Å². The first kappa shape index (κ1) is 17.3. The summed E-state index contributed by atoms with van der Waals surface area (Å²) in [7, 11) is 0. The molecule has 2 aromatic carbocycles. The zero-order valence-corrected chi connectivity index (χ0v) is 12.0. The molecular formula is C15H8ClF6N. The Morgan fingerprint density at radius 3 is 1.91 bits per heavy atom. The van der Waals surface area contributed by atoms with Gasteiger partial charge in [-0.1, -0.05) is 41.9 Å². The van der Waals surface area contributed by atoms with Gasteiger partial charge < -0.3 is 0 Å². The molecule has 122 valence electrons. The normalized spacial score (nSPS) is 13.3. The van der Waals surface area contributed by atoms with Crippen molar-refractivity contribution in [3.05, 3.63) is 54.1 Å². The van der Waals surface area contributed by atoms with Gasteiger partial charge in [0.1, 0.15) is 0 Å². The van der Waals surface area contributed by atoms with Gasteiger partial charge in [0.15, 0.2) is 0 Å². The number of alkyl halides is 6. The molecule has 0 saturated carbocycles. The Labute approximate surface area is 132 Å². The second kappa shape index (κ2) is 6.23. The molecule has 1 nitrogen and oxygen atoms in total. The zero-order valence-electron chi connectivity index (χ0n) is 11.2. The van der Waals surface area contributed by atoms with E-state index in [4.69, 9.17) is 11.6 Å². The standard InChI is InChI=1S/C15H8ClF6N/c16-13(15(20,21)22)23-12-4-2-1-3-11(12)9-5-7-10(8-6-9)14(17,18)19/h1-8H. The van der Waals surface area contributed by atoms with Crippen molar-refractivity contribution in [2.45, 2.75) is 12.4 Å². The maximum Gasteiger partial charge on any atom is 0.444 e. The maximum absolute atomic E-state index is 12.5. The summed E-state index contributed by atoms with van der Waals surface area (Å²) in [6.45, 7) is 0. The second-order valence-corrected chi connectivity index (χ2v) is 4.85. The van der Waals surface area contributed by atoms with Gasteiger partial charge in [-0.3, -0.25) is 0 Å². The number of rotatable bonds is 2. The van der Waals surface area contributed by atoms with E-state index in [0.29, 0.717) is 5.56 Å². The average Bonchev–Trinajstić information content (AvgIpc) is 2.46. The van der Waals surface area contributed by atoms with Crippen molar-refractivity contribution in [3.63, 3.8) is 0 Å². The van der Waals surface area contributed by atoms with Crippen molar-refractivity contribution in [2.75, 3.05) is 0 Å². The third-order valence-corrected chi connectivity index (χ3v) is 3.18. The first-order chi connectivity index (χ1) is 10.6. The number of halogens is 7. The van der Waals surface area contributed by atoms with Gasteiger partial charge in [0.05, 0.1) is 11.3 Å². The van der Waals surface area contributed by atoms with Crippen LogP contribution < -0.4 is 0 Å². The molecule has 0 aliphatic heterocycles.